The van der Waals surface area contributed by atoms with E-state index in [1.54, 1.807) is 0 Å². The van der Waals surface area contributed by atoms with Crippen molar-refractivity contribution < 1.29 is 4.42 Å². The third-order valence-corrected chi connectivity index (χ3v) is 15.1. The summed E-state index contributed by atoms with van der Waals surface area (Å²) in [6, 6.07) is 87.1. The van der Waals surface area contributed by atoms with Crippen molar-refractivity contribution in [3.63, 3.8) is 0 Å². The highest BCUT2D eigenvalue weighted by atomic mass is 16.3. The lowest BCUT2D eigenvalue weighted by atomic mass is 9.67. The van der Waals surface area contributed by atoms with Crippen LogP contribution in [0.1, 0.15) is 40.2 Å². The van der Waals surface area contributed by atoms with Crippen LogP contribution >= 0.6 is 0 Å². The van der Waals surface area contributed by atoms with Crippen LogP contribution in [0.15, 0.2) is 265 Å². The molecule has 1 unspecified atom stereocenters. The molecular weight excluding hydrogens is 835 g/mol. The minimum Gasteiger partial charge on any atom is -0.455 e. The summed E-state index contributed by atoms with van der Waals surface area (Å²) < 4.78 is 6.63. The zero-order chi connectivity index (χ0) is 45.5. The highest BCUT2D eigenvalue weighted by Crippen LogP contribution is 2.57. The van der Waals surface area contributed by atoms with Crippen LogP contribution in [-0.2, 0) is 5.41 Å². The van der Waals surface area contributed by atoms with Gasteiger partial charge in [0, 0.05) is 39.0 Å². The molecule has 11 aromatic carbocycles. The second kappa shape index (κ2) is 15.7. The highest BCUT2D eigenvalue weighted by Gasteiger charge is 2.46. The molecule has 0 bridgehead atoms. The molecule has 0 aliphatic heterocycles. The SMILES string of the molecule is C1=CC(c2cc3ccccc3c3ccccc23)CC=C1N(c1ccc2c(c1)C(c1ccccc1)(c1ccccc1)c1ccccc1-2)c1ccccc1-c1ccc2oc3c4ccccc4ccc3c2c1. The summed E-state index contributed by atoms with van der Waals surface area (Å²) >= 11 is 0. The third kappa shape index (κ3) is 6.05. The van der Waals surface area contributed by atoms with E-state index >= 15 is 0 Å². The van der Waals surface area contributed by atoms with Crippen molar-refractivity contribution in [1.29, 1.82) is 0 Å². The van der Waals surface area contributed by atoms with E-state index in [4.69, 9.17) is 4.42 Å². The van der Waals surface area contributed by atoms with Crippen LogP contribution in [0.4, 0.5) is 11.4 Å². The summed E-state index contributed by atoms with van der Waals surface area (Å²) in [4.78, 5) is 2.51. The van der Waals surface area contributed by atoms with Gasteiger partial charge in [0.25, 0.3) is 0 Å². The van der Waals surface area contributed by atoms with Crippen molar-refractivity contribution in [1.82, 2.24) is 0 Å². The lowest BCUT2D eigenvalue weighted by Gasteiger charge is -2.35. The molecule has 2 aliphatic rings. The second-order valence-electron chi connectivity index (χ2n) is 18.6. The average Bonchev–Trinajstić information content (AvgIpc) is 3.95. The van der Waals surface area contributed by atoms with Crippen LogP contribution in [0.2, 0.25) is 0 Å². The summed E-state index contributed by atoms with van der Waals surface area (Å²) in [5.41, 5.74) is 15.9. The monoisotopic (exact) mass is 879 g/mol. The highest BCUT2D eigenvalue weighted by molar-refractivity contribution is 6.16. The van der Waals surface area contributed by atoms with Crippen LogP contribution in [-0.4, -0.2) is 0 Å². The Balaban J connectivity index is 0.972. The standard InChI is InChI=1S/C67H45NO/c1-3-19-48(20-4-1)67(49-21-5-2-6-22-49)62-29-15-13-28-57(62)58-39-37-51(43-63(58)67)68(50-35-31-45(32-36-50)60-41-46-18-8-9-23-52(46)55-26-11-12-27-56(55)60)64-30-16-14-24-53(64)47-34-40-65-61(42-47)59-38-33-44-17-7-10-25-54(44)66(59)69-65/h1-31,33-43,45H,32H2. The molecule has 324 valence electrons. The zero-order valence-corrected chi connectivity index (χ0v) is 37.9. The quantitative estimate of drug-likeness (QED) is 0.148. The summed E-state index contributed by atoms with van der Waals surface area (Å²) in [6.07, 6.45) is 8.14. The Morgan fingerprint density at radius 3 is 1.87 bits per heavy atom. The largest absolute Gasteiger partial charge is 0.455 e. The molecule has 69 heavy (non-hydrogen) atoms. The number of anilines is 2. The van der Waals surface area contributed by atoms with Crippen molar-refractivity contribution in [2.45, 2.75) is 17.8 Å². The van der Waals surface area contributed by atoms with E-state index in [1.807, 2.05) is 0 Å². The minimum absolute atomic E-state index is 0.214. The van der Waals surface area contributed by atoms with Gasteiger partial charge in [-0.2, -0.15) is 0 Å². The Morgan fingerprint density at radius 2 is 1.09 bits per heavy atom. The number of hydrogen-bond donors (Lipinski definition) is 0. The molecule has 1 heterocycles. The van der Waals surface area contributed by atoms with E-state index in [1.165, 1.54) is 65.9 Å². The first-order valence-corrected chi connectivity index (χ1v) is 24.1. The summed E-state index contributed by atoms with van der Waals surface area (Å²) in [5.74, 6) is 0.214. The number of para-hydroxylation sites is 1. The Hall–Kier alpha value is -8.72. The fourth-order valence-corrected chi connectivity index (χ4v) is 12.0. The molecule has 0 fully saturated rings. The third-order valence-electron chi connectivity index (χ3n) is 15.1. The normalized spacial score (nSPS) is 14.9. The number of rotatable bonds is 7. The maximum atomic E-state index is 6.63. The predicted molar refractivity (Wildman–Crippen MR) is 289 cm³/mol. The van der Waals surface area contributed by atoms with Gasteiger partial charge in [0.1, 0.15) is 11.2 Å². The van der Waals surface area contributed by atoms with Gasteiger partial charge in [-0.15, -0.1) is 0 Å². The second-order valence-corrected chi connectivity index (χ2v) is 18.6. The van der Waals surface area contributed by atoms with Crippen LogP contribution in [0.25, 0.3) is 76.5 Å². The number of allylic oxidation sites excluding steroid dienone is 3. The van der Waals surface area contributed by atoms with Gasteiger partial charge in [-0.1, -0.05) is 206 Å². The van der Waals surface area contributed by atoms with Crippen molar-refractivity contribution in [2.75, 3.05) is 4.90 Å². The lowest BCUT2D eigenvalue weighted by molar-refractivity contribution is 0.672. The Labute approximate surface area is 401 Å². The van der Waals surface area contributed by atoms with Gasteiger partial charge in [-0.3, -0.25) is 0 Å². The smallest absolute Gasteiger partial charge is 0.143 e. The van der Waals surface area contributed by atoms with Crippen LogP contribution in [0.5, 0.6) is 0 Å². The molecular formula is C67H45NO. The predicted octanol–water partition coefficient (Wildman–Crippen LogP) is 17.8. The topological polar surface area (TPSA) is 16.4 Å². The van der Waals surface area contributed by atoms with Gasteiger partial charge in [-0.25, -0.2) is 0 Å². The Morgan fingerprint density at radius 1 is 0.435 bits per heavy atom. The van der Waals surface area contributed by atoms with Crippen LogP contribution in [0, 0.1) is 0 Å². The molecule has 14 rings (SSSR count). The fourth-order valence-electron chi connectivity index (χ4n) is 12.0. The average molecular weight is 880 g/mol. The van der Waals surface area contributed by atoms with Gasteiger partial charge >= 0.3 is 0 Å². The van der Waals surface area contributed by atoms with Gasteiger partial charge < -0.3 is 9.32 Å². The van der Waals surface area contributed by atoms with Crippen LogP contribution < -0.4 is 4.90 Å². The molecule has 1 atom stereocenters. The number of fused-ring (bicyclic) bond motifs is 11. The van der Waals surface area contributed by atoms with Gasteiger partial charge in [-0.05, 0) is 126 Å². The van der Waals surface area contributed by atoms with Gasteiger partial charge in [0.05, 0.1) is 11.1 Å². The number of benzene rings is 11. The first-order valence-electron chi connectivity index (χ1n) is 24.1. The molecule has 0 amide bonds. The zero-order valence-electron chi connectivity index (χ0n) is 37.9. The number of furan rings is 1. The molecule has 0 spiro atoms. The van der Waals surface area contributed by atoms with Gasteiger partial charge in [0.15, 0.2) is 0 Å². The first-order chi connectivity index (χ1) is 34.2. The molecule has 1 aromatic heterocycles. The first kappa shape index (κ1) is 39.4. The van der Waals surface area contributed by atoms with Crippen molar-refractivity contribution in [3.05, 3.63) is 288 Å². The van der Waals surface area contributed by atoms with E-state index in [2.05, 4.69) is 260 Å². The molecule has 0 saturated carbocycles. The molecule has 2 nitrogen and oxygen atoms in total. The number of nitrogens with zero attached hydrogens (tertiary/aromatic N) is 1. The van der Waals surface area contributed by atoms with E-state index < -0.39 is 5.41 Å². The van der Waals surface area contributed by atoms with E-state index in [0.717, 1.165) is 61.9 Å². The maximum absolute atomic E-state index is 6.63. The van der Waals surface area contributed by atoms with Crippen molar-refractivity contribution in [3.8, 4) is 22.3 Å². The van der Waals surface area contributed by atoms with Gasteiger partial charge in [0.2, 0.25) is 0 Å². The molecule has 0 saturated heterocycles. The van der Waals surface area contributed by atoms with Crippen molar-refractivity contribution >= 4 is 65.6 Å². The summed E-state index contributed by atoms with van der Waals surface area (Å²) in [5, 5.41) is 9.74. The minimum atomic E-state index is -0.536. The summed E-state index contributed by atoms with van der Waals surface area (Å²) in [7, 11) is 0. The van der Waals surface area contributed by atoms with E-state index in [9.17, 15) is 0 Å². The Kier molecular flexibility index (Phi) is 8.97. The van der Waals surface area contributed by atoms with E-state index in [0.29, 0.717) is 0 Å². The molecule has 2 heteroatoms. The molecule has 0 N–H and O–H groups in total. The number of hydrogen-bond acceptors (Lipinski definition) is 2. The van der Waals surface area contributed by atoms with Crippen molar-refractivity contribution in [2.24, 2.45) is 0 Å². The van der Waals surface area contributed by atoms with Crippen LogP contribution in [0.3, 0.4) is 0 Å². The fraction of sp³-hybridized carbons (Fsp3) is 0.0448. The Bertz CT molecular complexity index is 4020. The molecule has 2 aliphatic carbocycles. The molecule has 12 aromatic rings. The summed E-state index contributed by atoms with van der Waals surface area (Å²) in [6.45, 7) is 0. The maximum Gasteiger partial charge on any atom is 0.143 e. The molecule has 0 radical (unpaired) electrons. The van der Waals surface area contributed by atoms with E-state index in [-0.39, 0.29) is 5.92 Å². The lowest BCUT2D eigenvalue weighted by Crippen LogP contribution is -2.29.